The molecule has 0 radical (unpaired) electrons. The van der Waals surface area contributed by atoms with Crippen LogP contribution in [0.25, 0.3) is 5.69 Å². The van der Waals surface area contributed by atoms with Gasteiger partial charge in [0.25, 0.3) is 5.91 Å². The maximum atomic E-state index is 13.0. The lowest BCUT2D eigenvalue weighted by molar-refractivity contribution is -0.274. The first-order chi connectivity index (χ1) is 17.3. The van der Waals surface area contributed by atoms with Crippen molar-refractivity contribution < 1.29 is 27.4 Å². The number of carbonyl (C=O) groups is 1. The average Bonchev–Trinajstić information content (AvgIpc) is 3.30. The zero-order chi connectivity index (χ0) is 25.5. The molecule has 4 aromatic rings. The Morgan fingerprint density at radius 3 is 2.33 bits per heavy atom. The van der Waals surface area contributed by atoms with Gasteiger partial charge in [-0.1, -0.05) is 29.1 Å². The molecule has 0 aliphatic rings. The van der Waals surface area contributed by atoms with Crippen LogP contribution in [0.15, 0.2) is 72.1 Å². The second kappa shape index (κ2) is 11.1. The summed E-state index contributed by atoms with van der Waals surface area (Å²) in [5.74, 6) is 0.0848. The van der Waals surface area contributed by atoms with Crippen LogP contribution >= 0.6 is 11.8 Å². The third kappa shape index (κ3) is 6.50. The van der Waals surface area contributed by atoms with Gasteiger partial charge in [-0.15, -0.1) is 18.3 Å². The predicted octanol–water partition coefficient (Wildman–Crippen LogP) is 4.19. The number of carbonyl (C=O) groups excluding carboxylic acids is 1. The topological polar surface area (TPSA) is 104 Å². The summed E-state index contributed by atoms with van der Waals surface area (Å²) in [7, 11) is 1.57. The standard InChI is InChI=1S/C23H19F3N6O3S/c1-34-17-7-3-15(4-8-17)13-29-21(33)20-19(14-36-22-27-11-2-12-28-22)32(31-30-20)16-5-9-18(10-6-16)35-23(24,25)26/h2-12H,13-14H2,1H3,(H,29,33). The molecule has 0 unspecified atom stereocenters. The number of aromatic nitrogens is 5. The maximum absolute atomic E-state index is 13.0. The monoisotopic (exact) mass is 516 g/mol. The molecule has 36 heavy (non-hydrogen) atoms. The molecule has 9 nitrogen and oxygen atoms in total. The Morgan fingerprint density at radius 1 is 1.03 bits per heavy atom. The minimum atomic E-state index is -4.80. The van der Waals surface area contributed by atoms with Gasteiger partial charge in [0.15, 0.2) is 10.9 Å². The molecule has 0 spiro atoms. The van der Waals surface area contributed by atoms with E-state index in [2.05, 4.69) is 30.3 Å². The van der Waals surface area contributed by atoms with Crippen molar-refractivity contribution in [3.05, 3.63) is 83.9 Å². The highest BCUT2D eigenvalue weighted by Gasteiger charge is 2.31. The Kier molecular flexibility index (Phi) is 7.68. The van der Waals surface area contributed by atoms with Gasteiger partial charge in [0.2, 0.25) is 0 Å². The second-order valence-corrected chi connectivity index (χ2v) is 8.13. The fourth-order valence-corrected chi connectivity index (χ4v) is 3.90. The highest BCUT2D eigenvalue weighted by Crippen LogP contribution is 2.26. The molecule has 0 aliphatic heterocycles. The number of benzene rings is 2. The zero-order valence-electron chi connectivity index (χ0n) is 18.8. The van der Waals surface area contributed by atoms with E-state index in [9.17, 15) is 18.0 Å². The quantitative estimate of drug-likeness (QED) is 0.261. The summed E-state index contributed by atoms with van der Waals surface area (Å²) < 4.78 is 47.9. The van der Waals surface area contributed by atoms with Crippen LogP contribution in [0.4, 0.5) is 13.2 Å². The summed E-state index contributed by atoms with van der Waals surface area (Å²) in [5.41, 5.74) is 1.74. The fourth-order valence-electron chi connectivity index (χ4n) is 3.11. The van der Waals surface area contributed by atoms with Crippen molar-refractivity contribution in [1.82, 2.24) is 30.3 Å². The van der Waals surface area contributed by atoms with Crippen molar-refractivity contribution in [2.75, 3.05) is 7.11 Å². The number of hydrogen-bond acceptors (Lipinski definition) is 8. The van der Waals surface area contributed by atoms with E-state index in [1.807, 2.05) is 12.1 Å². The van der Waals surface area contributed by atoms with Crippen molar-refractivity contribution in [3.63, 3.8) is 0 Å². The molecule has 1 N–H and O–H groups in total. The normalized spacial score (nSPS) is 11.2. The van der Waals surface area contributed by atoms with Crippen LogP contribution in [0.3, 0.4) is 0 Å². The number of rotatable bonds is 9. The van der Waals surface area contributed by atoms with Gasteiger partial charge in [0.05, 0.1) is 18.5 Å². The highest BCUT2D eigenvalue weighted by atomic mass is 32.2. The number of alkyl halides is 3. The Bertz CT molecular complexity index is 1300. The molecular weight excluding hydrogens is 497 g/mol. The van der Waals surface area contributed by atoms with Gasteiger partial charge in [-0.05, 0) is 48.0 Å². The van der Waals surface area contributed by atoms with Gasteiger partial charge >= 0.3 is 6.36 Å². The molecule has 2 aromatic heterocycles. The molecule has 13 heteroatoms. The number of halogens is 3. The summed E-state index contributed by atoms with van der Waals surface area (Å²) >= 11 is 1.26. The summed E-state index contributed by atoms with van der Waals surface area (Å²) in [6.45, 7) is 0.244. The summed E-state index contributed by atoms with van der Waals surface area (Å²) in [5, 5.41) is 11.4. The minimum Gasteiger partial charge on any atom is -0.497 e. The molecule has 2 heterocycles. The SMILES string of the molecule is COc1ccc(CNC(=O)c2nnn(-c3ccc(OC(F)(F)F)cc3)c2CSc2ncccn2)cc1. The van der Waals surface area contributed by atoms with Crippen LogP contribution in [0.2, 0.25) is 0 Å². The van der Waals surface area contributed by atoms with E-state index in [-0.39, 0.29) is 23.7 Å². The average molecular weight is 517 g/mol. The van der Waals surface area contributed by atoms with E-state index in [0.717, 1.165) is 17.7 Å². The van der Waals surface area contributed by atoms with Gasteiger partial charge in [-0.3, -0.25) is 4.79 Å². The van der Waals surface area contributed by atoms with Gasteiger partial charge in [0.1, 0.15) is 11.5 Å². The lowest BCUT2D eigenvalue weighted by Crippen LogP contribution is -2.24. The van der Waals surface area contributed by atoms with Crippen LogP contribution in [0.5, 0.6) is 11.5 Å². The van der Waals surface area contributed by atoms with Crippen LogP contribution in [-0.2, 0) is 12.3 Å². The number of ether oxygens (including phenoxy) is 2. The van der Waals surface area contributed by atoms with Crippen molar-refractivity contribution >= 4 is 17.7 Å². The van der Waals surface area contributed by atoms with E-state index in [1.54, 1.807) is 37.7 Å². The number of nitrogens with zero attached hydrogens (tertiary/aromatic N) is 5. The van der Waals surface area contributed by atoms with Crippen LogP contribution in [-0.4, -0.2) is 44.3 Å². The molecule has 4 rings (SSSR count). The fraction of sp³-hybridized carbons (Fsp3) is 0.174. The van der Waals surface area contributed by atoms with E-state index in [4.69, 9.17) is 4.74 Å². The number of nitrogens with one attached hydrogen (secondary N) is 1. The number of hydrogen-bond donors (Lipinski definition) is 1. The molecule has 0 saturated carbocycles. The minimum absolute atomic E-state index is 0.0718. The summed E-state index contributed by atoms with van der Waals surface area (Å²) in [4.78, 5) is 21.3. The molecule has 2 aromatic carbocycles. The van der Waals surface area contributed by atoms with Crippen molar-refractivity contribution in [1.29, 1.82) is 0 Å². The summed E-state index contributed by atoms with van der Waals surface area (Å²) in [6, 6.07) is 14.0. The molecule has 0 saturated heterocycles. The Balaban J connectivity index is 1.57. The largest absolute Gasteiger partial charge is 0.573 e. The van der Waals surface area contributed by atoms with E-state index in [0.29, 0.717) is 22.3 Å². The number of methoxy groups -OCH3 is 1. The molecule has 0 bridgehead atoms. The lowest BCUT2D eigenvalue weighted by atomic mass is 10.2. The van der Waals surface area contributed by atoms with Crippen LogP contribution in [0.1, 0.15) is 21.7 Å². The van der Waals surface area contributed by atoms with Gasteiger partial charge in [-0.25, -0.2) is 14.6 Å². The predicted molar refractivity (Wildman–Crippen MR) is 124 cm³/mol. The molecule has 0 atom stereocenters. The molecule has 1 amide bonds. The van der Waals surface area contributed by atoms with Gasteiger partial charge in [0, 0.05) is 24.7 Å². The smallest absolute Gasteiger partial charge is 0.497 e. The highest BCUT2D eigenvalue weighted by molar-refractivity contribution is 7.98. The first-order valence-corrected chi connectivity index (χ1v) is 11.4. The van der Waals surface area contributed by atoms with E-state index >= 15 is 0 Å². The number of amides is 1. The second-order valence-electron chi connectivity index (χ2n) is 7.19. The molecule has 186 valence electrons. The van der Waals surface area contributed by atoms with Crippen molar-refractivity contribution in [2.24, 2.45) is 0 Å². The van der Waals surface area contributed by atoms with Crippen molar-refractivity contribution in [2.45, 2.75) is 23.8 Å². The Morgan fingerprint density at radius 2 is 1.69 bits per heavy atom. The Hall–Kier alpha value is -4.13. The number of thioether (sulfide) groups is 1. The van der Waals surface area contributed by atoms with E-state index in [1.165, 1.54) is 28.6 Å². The molecular formula is C23H19F3N6O3S. The summed E-state index contributed by atoms with van der Waals surface area (Å²) in [6.07, 6.45) is -1.62. The van der Waals surface area contributed by atoms with Crippen LogP contribution in [0, 0.1) is 0 Å². The third-order valence-electron chi connectivity index (χ3n) is 4.79. The zero-order valence-corrected chi connectivity index (χ0v) is 19.6. The maximum Gasteiger partial charge on any atom is 0.573 e. The van der Waals surface area contributed by atoms with Gasteiger partial charge < -0.3 is 14.8 Å². The van der Waals surface area contributed by atoms with Crippen molar-refractivity contribution in [3.8, 4) is 17.2 Å². The molecule has 0 aliphatic carbocycles. The van der Waals surface area contributed by atoms with Crippen LogP contribution < -0.4 is 14.8 Å². The van der Waals surface area contributed by atoms with E-state index < -0.39 is 12.3 Å². The van der Waals surface area contributed by atoms with Gasteiger partial charge in [-0.2, -0.15) is 0 Å². The lowest BCUT2D eigenvalue weighted by Gasteiger charge is -2.11. The Labute approximate surface area is 207 Å². The third-order valence-corrected chi connectivity index (χ3v) is 5.67. The first kappa shape index (κ1) is 25.0. The first-order valence-electron chi connectivity index (χ1n) is 10.4. The molecule has 0 fully saturated rings.